The molecular formula is C9H7N3S. The number of fused-ring (bicyclic) bond motifs is 3. The van der Waals surface area contributed by atoms with Gasteiger partial charge in [0.15, 0.2) is 4.96 Å². The van der Waals surface area contributed by atoms with Crippen LogP contribution in [0.2, 0.25) is 0 Å². The van der Waals surface area contributed by atoms with Gasteiger partial charge in [0, 0.05) is 0 Å². The fourth-order valence-electron chi connectivity index (χ4n) is 1.47. The lowest BCUT2D eigenvalue weighted by Crippen LogP contribution is -1.81. The fourth-order valence-corrected chi connectivity index (χ4v) is 2.48. The molecule has 0 radical (unpaired) electrons. The fraction of sp³-hybridized carbons (Fsp3) is 0. The van der Waals surface area contributed by atoms with Crippen molar-refractivity contribution < 1.29 is 0 Å². The molecule has 3 aromatic rings. The quantitative estimate of drug-likeness (QED) is 0.588. The van der Waals surface area contributed by atoms with Crippen molar-refractivity contribution in [3.8, 4) is 0 Å². The largest absolute Gasteiger partial charge is 0.382 e. The zero-order chi connectivity index (χ0) is 8.84. The average Bonchev–Trinajstić information content (AvgIpc) is 2.60. The first-order chi connectivity index (χ1) is 6.34. The Labute approximate surface area is 78.4 Å². The van der Waals surface area contributed by atoms with Gasteiger partial charge in [-0.05, 0) is 12.1 Å². The van der Waals surface area contributed by atoms with Crippen LogP contribution in [0.1, 0.15) is 0 Å². The van der Waals surface area contributed by atoms with Crippen LogP contribution in [0.3, 0.4) is 0 Å². The third-order valence-corrected chi connectivity index (χ3v) is 3.05. The van der Waals surface area contributed by atoms with Crippen LogP contribution in [0.4, 0.5) is 5.82 Å². The molecule has 3 nitrogen and oxygen atoms in total. The van der Waals surface area contributed by atoms with E-state index in [4.69, 9.17) is 5.73 Å². The number of hydrogen-bond acceptors (Lipinski definition) is 3. The Hall–Kier alpha value is -1.55. The van der Waals surface area contributed by atoms with Crippen molar-refractivity contribution in [2.24, 2.45) is 0 Å². The van der Waals surface area contributed by atoms with E-state index in [0.29, 0.717) is 5.82 Å². The van der Waals surface area contributed by atoms with Gasteiger partial charge < -0.3 is 5.73 Å². The normalized spacial score (nSPS) is 11.4. The number of para-hydroxylation sites is 1. The summed E-state index contributed by atoms with van der Waals surface area (Å²) in [5, 5.41) is 0. The molecule has 0 aliphatic heterocycles. The first-order valence-electron chi connectivity index (χ1n) is 3.97. The smallest absolute Gasteiger partial charge is 0.196 e. The van der Waals surface area contributed by atoms with E-state index >= 15 is 0 Å². The minimum absolute atomic E-state index is 0.581. The van der Waals surface area contributed by atoms with E-state index in [1.165, 1.54) is 10.2 Å². The molecule has 0 unspecified atom stereocenters. The molecule has 0 saturated carbocycles. The van der Waals surface area contributed by atoms with E-state index in [1.54, 1.807) is 11.3 Å². The summed E-state index contributed by atoms with van der Waals surface area (Å²) in [5.41, 5.74) is 6.77. The number of aromatic nitrogens is 2. The third-order valence-electron chi connectivity index (χ3n) is 2.02. The molecule has 1 aromatic carbocycles. The monoisotopic (exact) mass is 189 g/mol. The summed E-state index contributed by atoms with van der Waals surface area (Å²) in [7, 11) is 0. The molecule has 13 heavy (non-hydrogen) atoms. The summed E-state index contributed by atoms with van der Waals surface area (Å²) in [6.07, 6.45) is 1.86. The number of nitrogens with zero attached hydrogens (tertiary/aromatic N) is 2. The van der Waals surface area contributed by atoms with Crippen LogP contribution in [0.25, 0.3) is 15.2 Å². The molecule has 2 heterocycles. The number of benzene rings is 1. The number of rotatable bonds is 0. The minimum atomic E-state index is 0.581. The van der Waals surface area contributed by atoms with Crippen LogP contribution in [-0.4, -0.2) is 9.38 Å². The highest BCUT2D eigenvalue weighted by atomic mass is 32.1. The van der Waals surface area contributed by atoms with Gasteiger partial charge in [0.05, 0.1) is 16.4 Å². The molecule has 0 spiro atoms. The number of hydrogen-bond donors (Lipinski definition) is 1. The second-order valence-corrected chi connectivity index (χ2v) is 3.90. The molecule has 2 N–H and O–H groups in total. The summed E-state index contributed by atoms with van der Waals surface area (Å²) in [6, 6.07) is 8.21. The Balaban J connectivity index is 2.60. The molecule has 0 aliphatic rings. The molecule has 0 fully saturated rings. The second-order valence-electron chi connectivity index (χ2n) is 2.89. The topological polar surface area (TPSA) is 43.3 Å². The molecule has 3 rings (SSSR count). The Kier molecular flexibility index (Phi) is 1.19. The van der Waals surface area contributed by atoms with E-state index in [0.717, 1.165) is 4.96 Å². The lowest BCUT2D eigenvalue weighted by molar-refractivity contribution is 1.30. The van der Waals surface area contributed by atoms with Gasteiger partial charge in [-0.3, -0.25) is 4.40 Å². The Morgan fingerprint density at radius 3 is 3.08 bits per heavy atom. The molecule has 2 aromatic heterocycles. The zero-order valence-electron chi connectivity index (χ0n) is 6.77. The first kappa shape index (κ1) is 6.91. The number of nitrogens with two attached hydrogens (primary N) is 1. The van der Waals surface area contributed by atoms with Crippen LogP contribution >= 0.6 is 11.3 Å². The van der Waals surface area contributed by atoms with Gasteiger partial charge >= 0.3 is 0 Å². The third kappa shape index (κ3) is 0.860. The van der Waals surface area contributed by atoms with Gasteiger partial charge in [0.25, 0.3) is 0 Å². The van der Waals surface area contributed by atoms with Crippen molar-refractivity contribution in [3.05, 3.63) is 30.5 Å². The van der Waals surface area contributed by atoms with Crippen LogP contribution in [-0.2, 0) is 0 Å². The van der Waals surface area contributed by atoms with Crippen molar-refractivity contribution in [3.63, 3.8) is 0 Å². The Bertz CT molecular complexity index is 579. The maximum absolute atomic E-state index is 5.60. The molecule has 0 bridgehead atoms. The Morgan fingerprint density at radius 1 is 1.31 bits per heavy atom. The molecule has 0 atom stereocenters. The maximum atomic E-state index is 5.60. The predicted molar refractivity (Wildman–Crippen MR) is 55.0 cm³/mol. The molecule has 4 heteroatoms. The van der Waals surface area contributed by atoms with Gasteiger partial charge in [-0.15, -0.1) is 0 Å². The van der Waals surface area contributed by atoms with Crippen molar-refractivity contribution in [2.45, 2.75) is 0 Å². The number of nitrogen functional groups attached to an aromatic ring is 1. The van der Waals surface area contributed by atoms with Crippen LogP contribution in [0.5, 0.6) is 0 Å². The first-order valence-corrected chi connectivity index (χ1v) is 4.78. The highest BCUT2D eigenvalue weighted by Crippen LogP contribution is 2.26. The van der Waals surface area contributed by atoms with Crippen LogP contribution in [0, 0.1) is 0 Å². The number of thiazole rings is 1. The van der Waals surface area contributed by atoms with Crippen molar-refractivity contribution in [1.29, 1.82) is 0 Å². The molecule has 0 saturated heterocycles. The van der Waals surface area contributed by atoms with Crippen LogP contribution in [0.15, 0.2) is 30.5 Å². The number of imidazole rings is 1. The lowest BCUT2D eigenvalue weighted by Gasteiger charge is -1.87. The van der Waals surface area contributed by atoms with Gasteiger partial charge in [-0.1, -0.05) is 23.5 Å². The van der Waals surface area contributed by atoms with Crippen LogP contribution < -0.4 is 5.73 Å². The van der Waals surface area contributed by atoms with Crippen molar-refractivity contribution in [2.75, 3.05) is 5.73 Å². The molecule has 0 aliphatic carbocycles. The lowest BCUT2D eigenvalue weighted by atomic mass is 10.3. The second kappa shape index (κ2) is 2.23. The summed E-state index contributed by atoms with van der Waals surface area (Å²) < 4.78 is 3.26. The predicted octanol–water partition coefficient (Wildman–Crippen LogP) is 2.13. The van der Waals surface area contributed by atoms with E-state index in [2.05, 4.69) is 17.1 Å². The van der Waals surface area contributed by atoms with Gasteiger partial charge in [0.2, 0.25) is 0 Å². The molecular weight excluding hydrogens is 182 g/mol. The zero-order valence-corrected chi connectivity index (χ0v) is 7.58. The number of anilines is 1. The highest BCUT2D eigenvalue weighted by Gasteiger charge is 2.05. The summed E-state index contributed by atoms with van der Waals surface area (Å²) in [4.78, 5) is 5.17. The van der Waals surface area contributed by atoms with Crippen molar-refractivity contribution >= 4 is 32.3 Å². The standard InChI is InChI=1S/C9H7N3S/c10-8-5-12-6-3-1-2-4-7(6)13-9(12)11-8/h1-5H,10H2. The highest BCUT2D eigenvalue weighted by molar-refractivity contribution is 7.23. The Morgan fingerprint density at radius 2 is 2.15 bits per heavy atom. The van der Waals surface area contributed by atoms with Gasteiger partial charge in [-0.2, -0.15) is 0 Å². The maximum Gasteiger partial charge on any atom is 0.196 e. The molecule has 0 amide bonds. The summed E-state index contributed by atoms with van der Waals surface area (Å²) in [6.45, 7) is 0. The van der Waals surface area contributed by atoms with Gasteiger partial charge in [0.1, 0.15) is 5.82 Å². The minimum Gasteiger partial charge on any atom is -0.382 e. The SMILES string of the molecule is Nc1cn2c(n1)sc1ccccc12. The van der Waals surface area contributed by atoms with E-state index in [9.17, 15) is 0 Å². The van der Waals surface area contributed by atoms with E-state index in [1.807, 2.05) is 22.7 Å². The average molecular weight is 189 g/mol. The van der Waals surface area contributed by atoms with E-state index in [-0.39, 0.29) is 0 Å². The summed E-state index contributed by atoms with van der Waals surface area (Å²) in [5.74, 6) is 0.581. The van der Waals surface area contributed by atoms with E-state index < -0.39 is 0 Å². The molecule has 64 valence electrons. The van der Waals surface area contributed by atoms with Gasteiger partial charge in [-0.25, -0.2) is 4.98 Å². The van der Waals surface area contributed by atoms with Crippen molar-refractivity contribution in [1.82, 2.24) is 9.38 Å². The summed E-state index contributed by atoms with van der Waals surface area (Å²) >= 11 is 1.65.